The molecule has 166 valence electrons. The van der Waals surface area contributed by atoms with Crippen molar-refractivity contribution < 1.29 is 4.79 Å². The molecule has 32 heavy (non-hydrogen) atoms. The minimum Gasteiger partial charge on any atom is -0.340 e. The molecule has 1 aliphatic rings. The maximum absolute atomic E-state index is 12.7. The van der Waals surface area contributed by atoms with Gasteiger partial charge in [0.25, 0.3) is 0 Å². The molecule has 2 aromatic heterocycles. The van der Waals surface area contributed by atoms with Crippen molar-refractivity contribution in [3.8, 4) is 11.4 Å². The number of rotatable bonds is 6. The van der Waals surface area contributed by atoms with Crippen LogP contribution in [0.5, 0.6) is 0 Å². The normalized spacial score (nSPS) is 14.4. The third-order valence-electron chi connectivity index (χ3n) is 6.07. The summed E-state index contributed by atoms with van der Waals surface area (Å²) in [7, 11) is 0. The Hall–Kier alpha value is -3.32. The van der Waals surface area contributed by atoms with E-state index in [1.165, 1.54) is 0 Å². The second-order valence-corrected chi connectivity index (χ2v) is 8.16. The van der Waals surface area contributed by atoms with Crippen molar-refractivity contribution in [3.63, 3.8) is 0 Å². The number of nitrogens with zero attached hydrogens (tertiary/aromatic N) is 5. The second-order valence-electron chi connectivity index (χ2n) is 8.16. The lowest BCUT2D eigenvalue weighted by Crippen LogP contribution is -2.48. The van der Waals surface area contributed by atoms with Gasteiger partial charge in [0.05, 0.1) is 6.42 Å². The Balaban J connectivity index is 1.43. The number of amides is 1. The van der Waals surface area contributed by atoms with E-state index in [0.717, 1.165) is 66.6 Å². The second kappa shape index (κ2) is 9.87. The van der Waals surface area contributed by atoms with Crippen LogP contribution in [-0.2, 0) is 11.2 Å². The minimum atomic E-state index is 0.200. The quantitative estimate of drug-likeness (QED) is 0.644. The molecule has 0 spiro atoms. The van der Waals surface area contributed by atoms with Crippen molar-refractivity contribution in [1.82, 2.24) is 24.8 Å². The van der Waals surface area contributed by atoms with Crippen LogP contribution in [-0.4, -0.2) is 63.4 Å². The summed E-state index contributed by atoms with van der Waals surface area (Å²) in [6.07, 6.45) is 3.92. The first-order valence-corrected chi connectivity index (χ1v) is 11.1. The molecule has 3 heterocycles. The van der Waals surface area contributed by atoms with Gasteiger partial charge in [0.15, 0.2) is 5.82 Å². The summed E-state index contributed by atoms with van der Waals surface area (Å²) < 4.78 is 0. The highest BCUT2D eigenvalue weighted by atomic mass is 16.2. The zero-order chi connectivity index (χ0) is 22.5. The molecule has 1 N–H and O–H groups in total. The highest BCUT2D eigenvalue weighted by Crippen LogP contribution is 2.24. The number of carbonyl (C=O) groups excluding carboxylic acids is 1. The first kappa shape index (κ1) is 21.9. The first-order valence-electron chi connectivity index (χ1n) is 11.1. The highest BCUT2D eigenvalue weighted by molar-refractivity contribution is 5.79. The Morgan fingerprint density at radius 3 is 2.31 bits per heavy atom. The van der Waals surface area contributed by atoms with E-state index < -0.39 is 0 Å². The summed E-state index contributed by atoms with van der Waals surface area (Å²) in [5.41, 5.74) is 4.82. The molecule has 1 fully saturated rings. The van der Waals surface area contributed by atoms with Gasteiger partial charge in [-0.05, 0) is 50.2 Å². The van der Waals surface area contributed by atoms with Crippen LogP contribution >= 0.6 is 0 Å². The number of benzene rings is 1. The molecule has 7 nitrogen and oxygen atoms in total. The van der Waals surface area contributed by atoms with Crippen LogP contribution in [0.15, 0.2) is 48.8 Å². The topological polar surface area (TPSA) is 74.2 Å². The van der Waals surface area contributed by atoms with Gasteiger partial charge < -0.3 is 15.1 Å². The zero-order valence-electron chi connectivity index (χ0n) is 19.0. The van der Waals surface area contributed by atoms with Gasteiger partial charge in [0.1, 0.15) is 5.82 Å². The van der Waals surface area contributed by atoms with Crippen molar-refractivity contribution >= 4 is 17.4 Å². The SMILES string of the molecule is CCN1CCN(C(=O)Cc2ccc(Nc3nc(-c4ccncc4)nc(C)c3C)cc2)CC1. The van der Waals surface area contributed by atoms with E-state index in [1.807, 2.05) is 55.1 Å². The van der Waals surface area contributed by atoms with E-state index >= 15 is 0 Å². The number of hydrogen-bond donors (Lipinski definition) is 1. The zero-order valence-corrected chi connectivity index (χ0v) is 19.0. The van der Waals surface area contributed by atoms with Crippen molar-refractivity contribution in [2.45, 2.75) is 27.2 Å². The molecular formula is C25H30N6O. The average Bonchev–Trinajstić information content (AvgIpc) is 2.83. The molecular weight excluding hydrogens is 400 g/mol. The van der Waals surface area contributed by atoms with E-state index in [1.54, 1.807) is 12.4 Å². The van der Waals surface area contributed by atoms with Gasteiger partial charge in [-0.2, -0.15) is 0 Å². The summed E-state index contributed by atoms with van der Waals surface area (Å²) in [6.45, 7) is 10.8. The molecule has 1 aliphatic heterocycles. The number of piperazine rings is 1. The van der Waals surface area contributed by atoms with Crippen molar-refractivity contribution in [2.75, 3.05) is 38.0 Å². The van der Waals surface area contributed by atoms with E-state index in [0.29, 0.717) is 12.2 Å². The van der Waals surface area contributed by atoms with E-state index in [9.17, 15) is 4.79 Å². The van der Waals surface area contributed by atoms with Gasteiger partial charge >= 0.3 is 0 Å². The molecule has 1 saturated heterocycles. The fourth-order valence-corrected chi connectivity index (χ4v) is 3.82. The average molecular weight is 431 g/mol. The smallest absolute Gasteiger partial charge is 0.227 e. The first-order chi connectivity index (χ1) is 15.5. The molecule has 0 bridgehead atoms. The Morgan fingerprint density at radius 2 is 1.66 bits per heavy atom. The Labute approximate surface area is 189 Å². The van der Waals surface area contributed by atoms with Crippen LogP contribution < -0.4 is 5.32 Å². The highest BCUT2D eigenvalue weighted by Gasteiger charge is 2.20. The van der Waals surface area contributed by atoms with Gasteiger partial charge in [-0.1, -0.05) is 19.1 Å². The third-order valence-corrected chi connectivity index (χ3v) is 6.07. The number of aromatic nitrogens is 3. The van der Waals surface area contributed by atoms with E-state index in [2.05, 4.69) is 27.1 Å². The van der Waals surface area contributed by atoms with E-state index in [4.69, 9.17) is 4.98 Å². The lowest BCUT2D eigenvalue weighted by atomic mass is 10.1. The molecule has 7 heteroatoms. The van der Waals surface area contributed by atoms with Gasteiger partial charge in [-0.15, -0.1) is 0 Å². The molecule has 0 radical (unpaired) electrons. The Kier molecular flexibility index (Phi) is 6.75. The summed E-state index contributed by atoms with van der Waals surface area (Å²) >= 11 is 0. The minimum absolute atomic E-state index is 0.200. The molecule has 1 aromatic carbocycles. The number of carbonyl (C=O) groups is 1. The largest absolute Gasteiger partial charge is 0.340 e. The molecule has 0 aliphatic carbocycles. The van der Waals surface area contributed by atoms with Crippen molar-refractivity contribution in [2.24, 2.45) is 0 Å². The summed E-state index contributed by atoms with van der Waals surface area (Å²) in [4.78, 5) is 30.4. The van der Waals surface area contributed by atoms with Gasteiger partial charge in [0.2, 0.25) is 5.91 Å². The van der Waals surface area contributed by atoms with Crippen LogP contribution in [0, 0.1) is 13.8 Å². The predicted molar refractivity (Wildman–Crippen MR) is 127 cm³/mol. The van der Waals surface area contributed by atoms with Gasteiger partial charge in [-0.25, -0.2) is 9.97 Å². The van der Waals surface area contributed by atoms with E-state index in [-0.39, 0.29) is 5.91 Å². The molecule has 0 unspecified atom stereocenters. The monoisotopic (exact) mass is 430 g/mol. The number of nitrogens with one attached hydrogen (secondary N) is 1. The maximum Gasteiger partial charge on any atom is 0.227 e. The standard InChI is InChI=1S/C25H30N6O/c1-4-30-13-15-31(16-14-30)23(32)17-20-5-7-22(8-6-20)28-24-18(2)19(3)27-25(29-24)21-9-11-26-12-10-21/h5-12H,4,13-17H2,1-3H3,(H,27,28,29). The molecule has 0 atom stereocenters. The van der Waals surface area contributed by atoms with Crippen LogP contribution in [0.1, 0.15) is 23.7 Å². The van der Waals surface area contributed by atoms with Crippen LogP contribution in [0.2, 0.25) is 0 Å². The van der Waals surface area contributed by atoms with Gasteiger partial charge in [0, 0.05) is 61.1 Å². The van der Waals surface area contributed by atoms with Crippen LogP contribution in [0.4, 0.5) is 11.5 Å². The Bertz CT molecular complexity index is 1060. The summed E-state index contributed by atoms with van der Waals surface area (Å²) in [5.74, 6) is 1.65. The fraction of sp³-hybridized carbons (Fsp3) is 0.360. The van der Waals surface area contributed by atoms with Crippen molar-refractivity contribution in [3.05, 3.63) is 65.6 Å². The third kappa shape index (κ3) is 5.11. The number of hydrogen-bond acceptors (Lipinski definition) is 6. The maximum atomic E-state index is 12.7. The fourth-order valence-electron chi connectivity index (χ4n) is 3.82. The summed E-state index contributed by atoms with van der Waals surface area (Å²) in [6, 6.07) is 11.8. The summed E-state index contributed by atoms with van der Waals surface area (Å²) in [5, 5.41) is 3.41. The van der Waals surface area contributed by atoms with Crippen molar-refractivity contribution in [1.29, 1.82) is 0 Å². The number of likely N-dealkylation sites (N-methyl/N-ethyl adjacent to an activating group) is 1. The van der Waals surface area contributed by atoms with Crippen LogP contribution in [0.25, 0.3) is 11.4 Å². The predicted octanol–water partition coefficient (Wildman–Crippen LogP) is 3.61. The Morgan fingerprint density at radius 1 is 0.969 bits per heavy atom. The lowest BCUT2D eigenvalue weighted by molar-refractivity contribution is -0.132. The number of anilines is 2. The molecule has 3 aromatic rings. The number of pyridine rings is 1. The van der Waals surface area contributed by atoms with Crippen LogP contribution in [0.3, 0.4) is 0 Å². The lowest BCUT2D eigenvalue weighted by Gasteiger charge is -2.34. The van der Waals surface area contributed by atoms with Gasteiger partial charge in [-0.3, -0.25) is 9.78 Å². The molecule has 0 saturated carbocycles. The molecule has 1 amide bonds. The number of aryl methyl sites for hydroxylation is 1. The molecule has 4 rings (SSSR count).